The van der Waals surface area contributed by atoms with Crippen molar-refractivity contribution in [3.05, 3.63) is 27.7 Å². The molecule has 1 aliphatic heterocycles. The van der Waals surface area contributed by atoms with Gasteiger partial charge in [0, 0.05) is 24.1 Å². The molecule has 1 aliphatic rings. The summed E-state index contributed by atoms with van der Waals surface area (Å²) in [6.07, 6.45) is 1.76. The number of nitrogens with one attached hydrogen (secondary N) is 2. The van der Waals surface area contributed by atoms with E-state index < -0.39 is 0 Å². The molecule has 0 radical (unpaired) electrons. The van der Waals surface area contributed by atoms with E-state index in [9.17, 15) is 4.79 Å². The van der Waals surface area contributed by atoms with Gasteiger partial charge in [-0.25, -0.2) is 0 Å². The van der Waals surface area contributed by atoms with Gasteiger partial charge in [-0.1, -0.05) is 23.2 Å². The van der Waals surface area contributed by atoms with E-state index in [1.165, 1.54) is 0 Å². The fourth-order valence-corrected chi connectivity index (χ4v) is 2.65. The van der Waals surface area contributed by atoms with E-state index in [1.807, 2.05) is 0 Å². The monoisotopic (exact) mass is 316 g/mol. The number of hydrogen-bond donors (Lipinski definition) is 2. The number of piperidine rings is 1. The van der Waals surface area contributed by atoms with Crippen LogP contribution in [0, 0.1) is 5.92 Å². The zero-order valence-corrected chi connectivity index (χ0v) is 12.9. The van der Waals surface area contributed by atoms with Crippen molar-refractivity contribution in [1.82, 2.24) is 10.6 Å². The lowest BCUT2D eigenvalue weighted by molar-refractivity contribution is -0.125. The SMILES string of the molecule is COc1cc(Cl)c(Cl)cc1CNC(=O)C1CCNCC1. The van der Waals surface area contributed by atoms with Crippen molar-refractivity contribution < 1.29 is 9.53 Å². The number of benzene rings is 1. The van der Waals surface area contributed by atoms with Gasteiger partial charge in [-0.15, -0.1) is 0 Å². The molecular weight excluding hydrogens is 299 g/mol. The Morgan fingerprint density at radius 2 is 2.00 bits per heavy atom. The van der Waals surface area contributed by atoms with Crippen LogP contribution in [0.4, 0.5) is 0 Å². The van der Waals surface area contributed by atoms with Crippen LogP contribution < -0.4 is 15.4 Å². The predicted octanol–water partition coefficient (Wildman–Crippen LogP) is 2.62. The molecule has 1 amide bonds. The van der Waals surface area contributed by atoms with Gasteiger partial charge in [0.05, 0.1) is 17.2 Å². The molecule has 0 aromatic heterocycles. The maximum absolute atomic E-state index is 12.1. The topological polar surface area (TPSA) is 50.4 Å². The van der Waals surface area contributed by atoms with Gasteiger partial charge >= 0.3 is 0 Å². The van der Waals surface area contributed by atoms with Crippen LogP contribution in [0.3, 0.4) is 0 Å². The molecule has 1 saturated heterocycles. The third-order valence-corrected chi connectivity index (χ3v) is 4.21. The molecule has 20 heavy (non-hydrogen) atoms. The summed E-state index contributed by atoms with van der Waals surface area (Å²) in [6, 6.07) is 3.39. The van der Waals surface area contributed by atoms with Gasteiger partial charge in [0.15, 0.2) is 0 Å². The summed E-state index contributed by atoms with van der Waals surface area (Å²) >= 11 is 11.9. The molecule has 0 atom stereocenters. The molecule has 1 aromatic rings. The van der Waals surface area contributed by atoms with E-state index in [0.29, 0.717) is 22.3 Å². The van der Waals surface area contributed by atoms with Crippen LogP contribution in [0.15, 0.2) is 12.1 Å². The summed E-state index contributed by atoms with van der Waals surface area (Å²) in [6.45, 7) is 2.19. The zero-order valence-electron chi connectivity index (χ0n) is 11.3. The molecule has 1 heterocycles. The molecule has 0 unspecified atom stereocenters. The quantitative estimate of drug-likeness (QED) is 0.897. The van der Waals surface area contributed by atoms with Gasteiger partial charge in [0.25, 0.3) is 0 Å². The smallest absolute Gasteiger partial charge is 0.223 e. The van der Waals surface area contributed by atoms with Crippen molar-refractivity contribution >= 4 is 29.1 Å². The van der Waals surface area contributed by atoms with Gasteiger partial charge in [0.1, 0.15) is 5.75 Å². The van der Waals surface area contributed by atoms with E-state index in [-0.39, 0.29) is 11.8 Å². The fraction of sp³-hybridized carbons (Fsp3) is 0.500. The van der Waals surface area contributed by atoms with E-state index in [4.69, 9.17) is 27.9 Å². The van der Waals surface area contributed by atoms with Crippen LogP contribution in [0.1, 0.15) is 18.4 Å². The largest absolute Gasteiger partial charge is 0.496 e. The van der Waals surface area contributed by atoms with Crippen LogP contribution in [-0.4, -0.2) is 26.1 Å². The minimum Gasteiger partial charge on any atom is -0.496 e. The number of carbonyl (C=O) groups is 1. The first-order valence-corrected chi connectivity index (χ1v) is 7.37. The maximum Gasteiger partial charge on any atom is 0.223 e. The molecular formula is C14H18Cl2N2O2. The number of rotatable bonds is 4. The Labute approximate surface area is 128 Å². The number of hydrogen-bond acceptors (Lipinski definition) is 3. The first-order chi connectivity index (χ1) is 9.61. The van der Waals surface area contributed by atoms with Crippen LogP contribution in [0.25, 0.3) is 0 Å². The summed E-state index contributed by atoms with van der Waals surface area (Å²) in [5.41, 5.74) is 0.823. The first kappa shape index (κ1) is 15.4. The van der Waals surface area contributed by atoms with Crippen molar-refractivity contribution in [2.45, 2.75) is 19.4 Å². The maximum atomic E-state index is 12.1. The highest BCUT2D eigenvalue weighted by Crippen LogP contribution is 2.30. The fourth-order valence-electron chi connectivity index (χ4n) is 2.31. The van der Waals surface area contributed by atoms with Crippen LogP contribution in [-0.2, 0) is 11.3 Å². The third-order valence-electron chi connectivity index (χ3n) is 3.49. The standard InChI is InChI=1S/C14H18Cl2N2O2/c1-20-13-7-12(16)11(15)6-10(13)8-18-14(19)9-2-4-17-5-3-9/h6-7,9,17H,2-5,8H2,1H3,(H,18,19). The summed E-state index contributed by atoms with van der Waals surface area (Å²) in [5, 5.41) is 7.08. The summed E-state index contributed by atoms with van der Waals surface area (Å²) in [5.74, 6) is 0.801. The normalized spacial score (nSPS) is 15.9. The molecule has 4 nitrogen and oxygen atoms in total. The minimum atomic E-state index is 0.0830. The van der Waals surface area contributed by atoms with Crippen molar-refractivity contribution in [3.63, 3.8) is 0 Å². The zero-order chi connectivity index (χ0) is 14.5. The summed E-state index contributed by atoms with van der Waals surface area (Å²) in [4.78, 5) is 12.1. The van der Waals surface area contributed by atoms with Crippen LogP contribution in [0.2, 0.25) is 10.0 Å². The Balaban J connectivity index is 1.99. The first-order valence-electron chi connectivity index (χ1n) is 6.62. The number of carbonyl (C=O) groups excluding carboxylic acids is 1. The van der Waals surface area contributed by atoms with Crippen LogP contribution in [0.5, 0.6) is 5.75 Å². The summed E-state index contributed by atoms with van der Waals surface area (Å²) in [7, 11) is 1.57. The molecule has 2 N–H and O–H groups in total. The highest BCUT2D eigenvalue weighted by atomic mass is 35.5. The van der Waals surface area contributed by atoms with E-state index >= 15 is 0 Å². The molecule has 0 aliphatic carbocycles. The van der Waals surface area contributed by atoms with Crippen molar-refractivity contribution in [3.8, 4) is 5.75 Å². The lowest BCUT2D eigenvalue weighted by atomic mass is 9.97. The van der Waals surface area contributed by atoms with Gasteiger partial charge < -0.3 is 15.4 Å². The molecule has 2 rings (SSSR count). The Hall–Kier alpha value is -0.970. The lowest BCUT2D eigenvalue weighted by Gasteiger charge is -2.22. The average Bonchev–Trinajstić information content (AvgIpc) is 2.48. The Morgan fingerprint density at radius 1 is 1.35 bits per heavy atom. The minimum absolute atomic E-state index is 0.0830. The molecule has 6 heteroatoms. The van der Waals surface area contributed by atoms with Crippen molar-refractivity contribution in [2.24, 2.45) is 5.92 Å². The van der Waals surface area contributed by atoms with Gasteiger partial charge in [-0.2, -0.15) is 0 Å². The molecule has 0 bridgehead atoms. The predicted molar refractivity (Wildman–Crippen MR) is 80.5 cm³/mol. The Kier molecular flexibility index (Phi) is 5.52. The second-order valence-electron chi connectivity index (χ2n) is 4.82. The number of ether oxygens (including phenoxy) is 1. The van der Waals surface area contributed by atoms with Crippen molar-refractivity contribution in [2.75, 3.05) is 20.2 Å². The number of halogens is 2. The van der Waals surface area contributed by atoms with E-state index in [0.717, 1.165) is 31.5 Å². The molecule has 1 aromatic carbocycles. The second kappa shape index (κ2) is 7.16. The van der Waals surface area contributed by atoms with E-state index in [1.54, 1.807) is 19.2 Å². The van der Waals surface area contributed by atoms with Crippen molar-refractivity contribution in [1.29, 1.82) is 0 Å². The third kappa shape index (κ3) is 3.78. The average molecular weight is 317 g/mol. The van der Waals surface area contributed by atoms with Crippen LogP contribution >= 0.6 is 23.2 Å². The van der Waals surface area contributed by atoms with E-state index in [2.05, 4.69) is 10.6 Å². The molecule has 0 spiro atoms. The van der Waals surface area contributed by atoms with Gasteiger partial charge in [-0.3, -0.25) is 4.79 Å². The molecule has 1 fully saturated rings. The molecule has 0 saturated carbocycles. The van der Waals surface area contributed by atoms with Gasteiger partial charge in [0.2, 0.25) is 5.91 Å². The van der Waals surface area contributed by atoms with Gasteiger partial charge in [-0.05, 0) is 32.0 Å². The Bertz CT molecular complexity index is 488. The Morgan fingerprint density at radius 3 is 2.65 bits per heavy atom. The highest BCUT2D eigenvalue weighted by Gasteiger charge is 2.20. The molecule has 110 valence electrons. The lowest BCUT2D eigenvalue weighted by Crippen LogP contribution is -2.37. The summed E-state index contributed by atoms with van der Waals surface area (Å²) < 4.78 is 5.25. The number of amides is 1. The highest BCUT2D eigenvalue weighted by molar-refractivity contribution is 6.42. The number of methoxy groups -OCH3 is 1. The second-order valence-corrected chi connectivity index (χ2v) is 5.63.